The molecule has 0 saturated heterocycles. The Labute approximate surface area is 103 Å². The van der Waals surface area contributed by atoms with Crippen LogP contribution in [0.3, 0.4) is 0 Å². The summed E-state index contributed by atoms with van der Waals surface area (Å²) in [6, 6.07) is 1.87. The number of rotatable bonds is 2. The van der Waals surface area contributed by atoms with Crippen molar-refractivity contribution >= 4 is 24.9 Å². The first-order valence-corrected chi connectivity index (χ1v) is 5.77. The normalized spacial score (nSPS) is 20.0. The lowest BCUT2D eigenvalue weighted by atomic mass is 9.92. The number of pyridine rings is 1. The summed E-state index contributed by atoms with van der Waals surface area (Å²) < 4.78 is 0. The first-order valence-electron chi connectivity index (χ1n) is 5.77. The molecule has 1 atom stereocenters. The van der Waals surface area contributed by atoms with Crippen LogP contribution in [0.5, 0.6) is 0 Å². The van der Waals surface area contributed by atoms with Gasteiger partial charge in [0.1, 0.15) is 13.7 Å². The van der Waals surface area contributed by atoms with E-state index < -0.39 is 0 Å². The molecule has 2 radical (unpaired) electrons. The smallest absolute Gasteiger partial charge is 0.157 e. The molecule has 0 aromatic carbocycles. The molecule has 0 bridgehead atoms. The molecule has 1 heterocycles. The van der Waals surface area contributed by atoms with E-state index in [0.29, 0.717) is 23.6 Å². The number of allylic oxidation sites excluding steroid dienone is 2. The van der Waals surface area contributed by atoms with Crippen LogP contribution >= 0.6 is 0 Å². The summed E-state index contributed by atoms with van der Waals surface area (Å²) in [5.41, 5.74) is 2.53. The highest BCUT2D eigenvalue weighted by molar-refractivity contribution is 6.35. The minimum atomic E-state index is 0.164. The molecule has 1 aromatic rings. The van der Waals surface area contributed by atoms with Crippen molar-refractivity contribution in [1.29, 1.82) is 0 Å². The van der Waals surface area contributed by atoms with E-state index in [-0.39, 0.29) is 5.78 Å². The topological polar surface area (TPSA) is 42.0 Å². The van der Waals surface area contributed by atoms with Crippen LogP contribution in [0.4, 0.5) is 5.82 Å². The minimum absolute atomic E-state index is 0.164. The van der Waals surface area contributed by atoms with Gasteiger partial charge in [-0.2, -0.15) is 0 Å². The molecule has 0 spiro atoms. The molecule has 1 N–H and O–H groups in total. The summed E-state index contributed by atoms with van der Waals surface area (Å²) in [5.74, 6) is 1.17. The third-order valence-corrected chi connectivity index (χ3v) is 2.79. The Kier molecular flexibility index (Phi) is 3.32. The number of carbonyl (C=O) groups excluding carboxylic acids is 1. The SMILES string of the molecule is [B]c1cc(C)cnc1NC1=CC(=O)CC(C)C1. The Morgan fingerprint density at radius 2 is 2.24 bits per heavy atom. The summed E-state index contributed by atoms with van der Waals surface area (Å²) in [6.07, 6.45) is 4.90. The Bertz CT molecular complexity index is 482. The summed E-state index contributed by atoms with van der Waals surface area (Å²) in [6.45, 7) is 4.01. The average molecular weight is 226 g/mol. The number of aryl methyl sites for hydroxylation is 1. The van der Waals surface area contributed by atoms with Gasteiger partial charge in [0.25, 0.3) is 0 Å². The van der Waals surface area contributed by atoms with Crippen molar-refractivity contribution in [2.24, 2.45) is 5.92 Å². The minimum Gasteiger partial charge on any atom is -0.344 e. The summed E-state index contributed by atoms with van der Waals surface area (Å²) in [5, 5.41) is 3.14. The molecule has 4 heteroatoms. The highest BCUT2D eigenvalue weighted by Crippen LogP contribution is 2.21. The van der Waals surface area contributed by atoms with Gasteiger partial charge in [-0.1, -0.05) is 18.5 Å². The number of anilines is 1. The number of carbonyl (C=O) groups is 1. The van der Waals surface area contributed by atoms with Gasteiger partial charge < -0.3 is 5.32 Å². The molecular formula is C13H15BN2O. The van der Waals surface area contributed by atoms with Crippen molar-refractivity contribution in [2.45, 2.75) is 26.7 Å². The molecule has 0 aliphatic heterocycles. The number of nitrogens with zero attached hydrogens (tertiary/aromatic N) is 1. The Hall–Kier alpha value is -1.58. The Balaban J connectivity index is 2.18. The van der Waals surface area contributed by atoms with E-state index in [0.717, 1.165) is 17.7 Å². The van der Waals surface area contributed by atoms with Crippen molar-refractivity contribution < 1.29 is 4.79 Å². The number of hydrogen-bond donors (Lipinski definition) is 1. The fraction of sp³-hybridized carbons (Fsp3) is 0.385. The van der Waals surface area contributed by atoms with Gasteiger partial charge in [-0.15, -0.1) is 0 Å². The van der Waals surface area contributed by atoms with Crippen molar-refractivity contribution in [3.63, 3.8) is 0 Å². The number of aromatic nitrogens is 1. The van der Waals surface area contributed by atoms with Gasteiger partial charge in [0.2, 0.25) is 0 Å². The van der Waals surface area contributed by atoms with Gasteiger partial charge in [0.15, 0.2) is 5.78 Å². The summed E-state index contributed by atoms with van der Waals surface area (Å²) >= 11 is 0. The molecule has 2 rings (SSSR count). The fourth-order valence-electron chi connectivity index (χ4n) is 2.04. The summed E-state index contributed by atoms with van der Waals surface area (Å²) in [7, 11) is 5.87. The van der Waals surface area contributed by atoms with E-state index in [1.165, 1.54) is 0 Å². The lowest BCUT2D eigenvalue weighted by molar-refractivity contribution is -0.115. The van der Waals surface area contributed by atoms with E-state index >= 15 is 0 Å². The molecular weight excluding hydrogens is 211 g/mol. The van der Waals surface area contributed by atoms with E-state index in [4.69, 9.17) is 7.85 Å². The van der Waals surface area contributed by atoms with Crippen molar-refractivity contribution in [2.75, 3.05) is 5.32 Å². The first kappa shape index (κ1) is 11.9. The highest BCUT2D eigenvalue weighted by Gasteiger charge is 2.17. The molecule has 1 aromatic heterocycles. The van der Waals surface area contributed by atoms with Crippen molar-refractivity contribution in [3.8, 4) is 0 Å². The van der Waals surface area contributed by atoms with Crippen LogP contribution in [0.25, 0.3) is 0 Å². The summed E-state index contributed by atoms with van der Waals surface area (Å²) in [4.78, 5) is 15.7. The average Bonchev–Trinajstić information content (AvgIpc) is 2.21. The first-order chi connectivity index (χ1) is 8.04. The zero-order valence-corrected chi connectivity index (χ0v) is 10.2. The maximum absolute atomic E-state index is 11.4. The number of ketones is 1. The molecule has 0 fully saturated rings. The zero-order chi connectivity index (χ0) is 12.4. The third-order valence-electron chi connectivity index (χ3n) is 2.79. The maximum Gasteiger partial charge on any atom is 0.157 e. The molecule has 0 amide bonds. The Morgan fingerprint density at radius 1 is 1.47 bits per heavy atom. The van der Waals surface area contributed by atoms with Crippen LogP contribution in [0, 0.1) is 12.8 Å². The van der Waals surface area contributed by atoms with Crippen LogP contribution in [0.1, 0.15) is 25.3 Å². The molecule has 1 unspecified atom stereocenters. The number of nitrogens with one attached hydrogen (secondary N) is 1. The third kappa shape index (κ3) is 2.96. The van der Waals surface area contributed by atoms with Gasteiger partial charge in [-0.25, -0.2) is 4.98 Å². The molecule has 1 aliphatic rings. The molecule has 17 heavy (non-hydrogen) atoms. The lowest BCUT2D eigenvalue weighted by Crippen LogP contribution is -2.20. The molecule has 86 valence electrons. The van der Waals surface area contributed by atoms with Crippen LogP contribution in [0.15, 0.2) is 24.0 Å². The van der Waals surface area contributed by atoms with Gasteiger partial charge in [0.05, 0.1) is 0 Å². The van der Waals surface area contributed by atoms with E-state index in [9.17, 15) is 4.79 Å². The second-order valence-corrected chi connectivity index (χ2v) is 4.72. The fourth-order valence-corrected chi connectivity index (χ4v) is 2.04. The molecule has 0 saturated carbocycles. The highest BCUT2D eigenvalue weighted by atomic mass is 16.1. The monoisotopic (exact) mass is 226 g/mol. The predicted octanol–water partition coefficient (Wildman–Crippen LogP) is 1.48. The molecule has 1 aliphatic carbocycles. The van der Waals surface area contributed by atoms with E-state index in [2.05, 4.69) is 17.2 Å². The van der Waals surface area contributed by atoms with Crippen LogP contribution in [-0.4, -0.2) is 18.6 Å². The van der Waals surface area contributed by atoms with Gasteiger partial charge in [-0.05, 0) is 24.8 Å². The maximum atomic E-state index is 11.4. The molecule has 3 nitrogen and oxygen atoms in total. The van der Waals surface area contributed by atoms with Gasteiger partial charge in [0, 0.05) is 24.4 Å². The second-order valence-electron chi connectivity index (χ2n) is 4.72. The van der Waals surface area contributed by atoms with E-state index in [1.807, 2.05) is 13.0 Å². The second kappa shape index (κ2) is 4.74. The Morgan fingerprint density at radius 3 is 2.88 bits per heavy atom. The quantitative estimate of drug-likeness (QED) is 0.776. The lowest BCUT2D eigenvalue weighted by Gasteiger charge is -2.20. The number of hydrogen-bond acceptors (Lipinski definition) is 3. The standard InChI is InChI=1S/C13H15BN2O/c1-8-3-10(6-11(17)4-8)16-13-12(14)5-9(2)7-15-13/h5-8H,3-4H2,1-2H3,(H,15,16). The zero-order valence-electron chi connectivity index (χ0n) is 10.2. The van der Waals surface area contributed by atoms with Crippen molar-refractivity contribution in [1.82, 2.24) is 4.98 Å². The van der Waals surface area contributed by atoms with Crippen molar-refractivity contribution in [3.05, 3.63) is 29.6 Å². The predicted molar refractivity (Wildman–Crippen MR) is 69.5 cm³/mol. The van der Waals surface area contributed by atoms with Crippen LogP contribution in [0.2, 0.25) is 0 Å². The van der Waals surface area contributed by atoms with E-state index in [1.54, 1.807) is 12.3 Å². The van der Waals surface area contributed by atoms with Gasteiger partial charge >= 0.3 is 0 Å². The van der Waals surface area contributed by atoms with Crippen LogP contribution < -0.4 is 10.8 Å². The van der Waals surface area contributed by atoms with Gasteiger partial charge in [-0.3, -0.25) is 4.79 Å². The van der Waals surface area contributed by atoms with Crippen LogP contribution in [-0.2, 0) is 4.79 Å². The largest absolute Gasteiger partial charge is 0.344 e.